The molecule has 1 N–H and O–H groups in total. The Labute approximate surface area is 155 Å². The van der Waals surface area contributed by atoms with Crippen LogP contribution in [0.3, 0.4) is 0 Å². The highest BCUT2D eigenvalue weighted by atomic mass is 35.5. The first-order valence-electron chi connectivity index (χ1n) is 8.40. The quantitative estimate of drug-likeness (QED) is 0.794. The number of hydrogen-bond donors (Lipinski definition) is 1. The zero-order valence-electron chi connectivity index (χ0n) is 14.1. The highest BCUT2D eigenvalue weighted by Gasteiger charge is 2.25. The van der Waals surface area contributed by atoms with Crippen LogP contribution in [0.5, 0.6) is 11.5 Å². The molecule has 0 saturated carbocycles. The van der Waals surface area contributed by atoms with E-state index in [4.69, 9.17) is 21.1 Å². The van der Waals surface area contributed by atoms with Crippen LogP contribution in [0.1, 0.15) is 6.42 Å². The summed E-state index contributed by atoms with van der Waals surface area (Å²) < 4.78 is 37.2. The van der Waals surface area contributed by atoms with Gasteiger partial charge in [0.25, 0.3) is 0 Å². The lowest BCUT2D eigenvalue weighted by Gasteiger charge is -2.20. The van der Waals surface area contributed by atoms with Crippen molar-refractivity contribution in [1.82, 2.24) is 4.90 Å². The van der Waals surface area contributed by atoms with Gasteiger partial charge < -0.3 is 14.6 Å². The van der Waals surface area contributed by atoms with Crippen LogP contribution < -0.4 is 9.47 Å². The molecule has 1 aliphatic heterocycles. The number of benzene rings is 2. The smallest absolute Gasteiger partial charge is 0.162 e. The Hall–Kier alpha value is -1.89. The van der Waals surface area contributed by atoms with E-state index >= 15 is 0 Å². The molecule has 2 aromatic rings. The predicted molar refractivity (Wildman–Crippen MR) is 94.8 cm³/mol. The van der Waals surface area contributed by atoms with Crippen LogP contribution >= 0.6 is 11.6 Å². The molecular weight excluding hydrogens is 364 g/mol. The fourth-order valence-corrected chi connectivity index (χ4v) is 3.00. The van der Waals surface area contributed by atoms with Crippen molar-refractivity contribution in [2.45, 2.75) is 18.6 Å². The number of β-amino-alcohol motifs (C(OH)–C–C–N with tert-alkyl or cyclic N) is 1. The number of aliphatic hydroxyl groups is 1. The number of nitrogens with zero attached hydrogens (tertiary/aromatic N) is 1. The minimum atomic E-state index is -0.973. The van der Waals surface area contributed by atoms with E-state index in [0.29, 0.717) is 18.1 Å². The molecule has 2 aromatic carbocycles. The Morgan fingerprint density at radius 3 is 2.58 bits per heavy atom. The van der Waals surface area contributed by atoms with Crippen molar-refractivity contribution in [3.63, 3.8) is 0 Å². The summed E-state index contributed by atoms with van der Waals surface area (Å²) in [6.45, 7) is 1.93. The molecule has 1 saturated heterocycles. The second-order valence-electron chi connectivity index (χ2n) is 6.28. The normalized spacial score (nSPS) is 18.7. The summed E-state index contributed by atoms with van der Waals surface area (Å²) in [6.07, 6.45) is 0.173. The molecule has 0 radical (unpaired) electrons. The van der Waals surface area contributed by atoms with E-state index in [1.165, 1.54) is 6.07 Å². The Bertz CT molecular complexity index is 729. The van der Waals surface area contributed by atoms with Gasteiger partial charge >= 0.3 is 0 Å². The van der Waals surface area contributed by atoms with Crippen molar-refractivity contribution in [1.29, 1.82) is 0 Å². The first-order valence-corrected chi connectivity index (χ1v) is 8.78. The number of hydrogen-bond acceptors (Lipinski definition) is 4. The molecule has 2 atom stereocenters. The molecule has 1 fully saturated rings. The first kappa shape index (κ1) is 18.9. The van der Waals surface area contributed by atoms with Crippen molar-refractivity contribution in [2.24, 2.45) is 0 Å². The average Bonchev–Trinajstić information content (AvgIpc) is 3.05. The van der Waals surface area contributed by atoms with E-state index in [1.54, 1.807) is 12.1 Å². The maximum absolute atomic E-state index is 13.1. The summed E-state index contributed by atoms with van der Waals surface area (Å²) in [4.78, 5) is 2.08. The second-order valence-corrected chi connectivity index (χ2v) is 6.72. The number of ether oxygens (including phenoxy) is 2. The average molecular weight is 384 g/mol. The van der Waals surface area contributed by atoms with Gasteiger partial charge in [-0.1, -0.05) is 11.6 Å². The summed E-state index contributed by atoms with van der Waals surface area (Å²) in [6, 6.07) is 10.5. The van der Waals surface area contributed by atoms with Crippen molar-refractivity contribution < 1.29 is 23.4 Å². The largest absolute Gasteiger partial charge is 0.491 e. The van der Waals surface area contributed by atoms with Crippen LogP contribution in [0, 0.1) is 11.6 Å². The molecule has 7 heteroatoms. The molecule has 1 heterocycles. The highest BCUT2D eigenvalue weighted by Crippen LogP contribution is 2.21. The molecule has 0 bridgehead atoms. The third-order valence-electron chi connectivity index (χ3n) is 4.15. The maximum atomic E-state index is 13.1. The Kier molecular flexibility index (Phi) is 6.29. The third kappa shape index (κ3) is 5.30. The van der Waals surface area contributed by atoms with E-state index in [0.717, 1.165) is 30.8 Å². The fourth-order valence-electron chi connectivity index (χ4n) is 2.87. The Morgan fingerprint density at radius 2 is 1.85 bits per heavy atom. The Balaban J connectivity index is 1.41. The van der Waals surface area contributed by atoms with Crippen molar-refractivity contribution in [3.05, 3.63) is 59.1 Å². The molecule has 1 aliphatic rings. The minimum Gasteiger partial charge on any atom is -0.491 e. The van der Waals surface area contributed by atoms with Gasteiger partial charge in [-0.2, -0.15) is 0 Å². The molecule has 0 amide bonds. The van der Waals surface area contributed by atoms with Crippen LogP contribution in [-0.4, -0.2) is 48.5 Å². The monoisotopic (exact) mass is 383 g/mol. The Morgan fingerprint density at radius 1 is 1.12 bits per heavy atom. The zero-order valence-corrected chi connectivity index (χ0v) is 14.8. The SMILES string of the molecule is OC(COc1ccc(F)c(F)c1)CN1CCC(Oc2ccc(Cl)cc2)C1. The first-order chi connectivity index (χ1) is 12.5. The molecule has 26 heavy (non-hydrogen) atoms. The van der Waals surface area contributed by atoms with E-state index in [2.05, 4.69) is 4.90 Å². The van der Waals surface area contributed by atoms with Gasteiger partial charge in [-0.25, -0.2) is 8.78 Å². The zero-order chi connectivity index (χ0) is 18.5. The summed E-state index contributed by atoms with van der Waals surface area (Å²) in [7, 11) is 0. The van der Waals surface area contributed by atoms with Crippen LogP contribution in [-0.2, 0) is 0 Å². The van der Waals surface area contributed by atoms with Gasteiger partial charge in [0.05, 0.1) is 0 Å². The number of likely N-dealkylation sites (tertiary alicyclic amines) is 1. The molecule has 2 unspecified atom stereocenters. The van der Waals surface area contributed by atoms with Gasteiger partial charge in [0.1, 0.15) is 30.3 Å². The van der Waals surface area contributed by atoms with Crippen molar-refractivity contribution >= 4 is 11.6 Å². The van der Waals surface area contributed by atoms with Crippen LogP contribution in [0.4, 0.5) is 8.78 Å². The molecule has 0 aliphatic carbocycles. The van der Waals surface area contributed by atoms with Gasteiger partial charge in [0, 0.05) is 30.7 Å². The van der Waals surface area contributed by atoms with Gasteiger partial charge in [-0.15, -0.1) is 0 Å². The van der Waals surface area contributed by atoms with Gasteiger partial charge in [0.15, 0.2) is 11.6 Å². The molecule has 140 valence electrons. The van der Waals surface area contributed by atoms with E-state index in [9.17, 15) is 13.9 Å². The van der Waals surface area contributed by atoms with Crippen LogP contribution in [0.2, 0.25) is 5.02 Å². The number of rotatable bonds is 7. The molecule has 4 nitrogen and oxygen atoms in total. The topological polar surface area (TPSA) is 41.9 Å². The van der Waals surface area contributed by atoms with Gasteiger partial charge in [-0.3, -0.25) is 4.90 Å². The number of halogens is 3. The van der Waals surface area contributed by atoms with E-state index in [-0.39, 0.29) is 18.5 Å². The van der Waals surface area contributed by atoms with Crippen LogP contribution in [0.15, 0.2) is 42.5 Å². The molecular formula is C19H20ClF2NO3. The lowest BCUT2D eigenvalue weighted by atomic mass is 10.3. The summed E-state index contributed by atoms with van der Waals surface area (Å²) in [5.41, 5.74) is 0. The fraction of sp³-hybridized carbons (Fsp3) is 0.368. The molecule has 3 rings (SSSR count). The highest BCUT2D eigenvalue weighted by molar-refractivity contribution is 6.30. The summed E-state index contributed by atoms with van der Waals surface area (Å²) in [5, 5.41) is 10.8. The van der Waals surface area contributed by atoms with Gasteiger partial charge in [-0.05, 0) is 42.8 Å². The third-order valence-corrected chi connectivity index (χ3v) is 4.40. The summed E-state index contributed by atoms with van der Waals surface area (Å²) >= 11 is 5.86. The van der Waals surface area contributed by atoms with Crippen LogP contribution in [0.25, 0.3) is 0 Å². The predicted octanol–water partition coefficient (Wildman–Crippen LogP) is 3.51. The van der Waals surface area contributed by atoms with E-state index < -0.39 is 17.7 Å². The standard InChI is InChI=1S/C19H20ClF2NO3/c20-13-1-3-15(4-2-13)26-17-7-8-23(11-17)10-14(24)12-25-16-5-6-18(21)19(22)9-16/h1-6,9,14,17,24H,7-8,10-12H2. The maximum Gasteiger partial charge on any atom is 0.162 e. The van der Waals surface area contributed by atoms with Crippen molar-refractivity contribution in [2.75, 3.05) is 26.2 Å². The van der Waals surface area contributed by atoms with Gasteiger partial charge in [0.2, 0.25) is 0 Å². The minimum absolute atomic E-state index is 0.00425. The second kappa shape index (κ2) is 8.66. The van der Waals surface area contributed by atoms with Crippen molar-refractivity contribution in [3.8, 4) is 11.5 Å². The summed E-state index contributed by atoms with van der Waals surface area (Å²) in [5.74, 6) is -0.947. The lowest BCUT2D eigenvalue weighted by Crippen LogP contribution is -2.35. The lowest BCUT2D eigenvalue weighted by molar-refractivity contribution is 0.0718. The molecule has 0 spiro atoms. The molecule has 0 aromatic heterocycles. The van der Waals surface area contributed by atoms with E-state index in [1.807, 2.05) is 12.1 Å². The number of aliphatic hydroxyl groups excluding tert-OH is 1.